The molecule has 0 aliphatic heterocycles. The van der Waals surface area contributed by atoms with Crippen molar-refractivity contribution < 1.29 is 5.11 Å². The second-order valence-corrected chi connectivity index (χ2v) is 5.83. The Hall–Kier alpha value is -0.860. The molecule has 1 aliphatic rings. The van der Waals surface area contributed by atoms with Gasteiger partial charge in [-0.2, -0.15) is 0 Å². The minimum Gasteiger partial charge on any atom is -0.396 e. The molecule has 1 aromatic rings. The Kier molecular flexibility index (Phi) is 5.87. The van der Waals surface area contributed by atoms with Crippen LogP contribution in [0.1, 0.15) is 74.5 Å². The lowest BCUT2D eigenvalue weighted by Crippen LogP contribution is -2.11. The van der Waals surface area contributed by atoms with E-state index in [-0.39, 0.29) is 12.6 Å². The smallest absolute Gasteiger partial charge is 0.0431 e. The largest absolute Gasteiger partial charge is 0.396 e. The first-order chi connectivity index (χ1) is 9.31. The van der Waals surface area contributed by atoms with E-state index in [1.807, 2.05) is 0 Å². The van der Waals surface area contributed by atoms with Crippen molar-refractivity contribution in [2.45, 2.75) is 63.3 Å². The molecule has 0 aromatic heterocycles. The summed E-state index contributed by atoms with van der Waals surface area (Å²) < 4.78 is 0. The van der Waals surface area contributed by atoms with E-state index in [1.54, 1.807) is 0 Å². The lowest BCUT2D eigenvalue weighted by molar-refractivity contribution is 0.281. The number of hydrogen-bond acceptors (Lipinski definition) is 2. The van der Waals surface area contributed by atoms with Gasteiger partial charge in [0.25, 0.3) is 0 Å². The van der Waals surface area contributed by atoms with Crippen LogP contribution in [0.4, 0.5) is 0 Å². The van der Waals surface area contributed by atoms with E-state index in [4.69, 9.17) is 10.8 Å². The number of aliphatic hydroxyl groups is 1. The Morgan fingerprint density at radius 1 is 1.05 bits per heavy atom. The molecule has 1 aromatic carbocycles. The first kappa shape index (κ1) is 14.5. The minimum atomic E-state index is 0.118. The molecule has 0 amide bonds. The molecule has 0 bridgehead atoms. The normalized spacial score (nSPS) is 18.4. The summed E-state index contributed by atoms with van der Waals surface area (Å²) >= 11 is 0. The molecule has 0 spiro atoms. The topological polar surface area (TPSA) is 46.2 Å². The van der Waals surface area contributed by atoms with Gasteiger partial charge in [-0.25, -0.2) is 0 Å². The van der Waals surface area contributed by atoms with Crippen molar-refractivity contribution in [3.8, 4) is 0 Å². The quantitative estimate of drug-likeness (QED) is 0.763. The molecule has 19 heavy (non-hydrogen) atoms. The Bertz CT molecular complexity index is 354. The highest BCUT2D eigenvalue weighted by Crippen LogP contribution is 2.33. The highest BCUT2D eigenvalue weighted by Gasteiger charge is 2.15. The summed E-state index contributed by atoms with van der Waals surface area (Å²) in [6.45, 7) is 0.271. The molecule has 2 heteroatoms. The number of aliphatic hydroxyl groups excluding tert-OH is 1. The third kappa shape index (κ3) is 4.32. The number of unbranched alkanes of at least 4 members (excludes halogenated alkanes) is 1. The van der Waals surface area contributed by atoms with E-state index < -0.39 is 0 Å². The summed E-state index contributed by atoms with van der Waals surface area (Å²) in [6.07, 6.45) is 9.69. The molecular weight excluding hydrogens is 234 g/mol. The molecular formula is C17H27NO. The van der Waals surface area contributed by atoms with Gasteiger partial charge in [0.2, 0.25) is 0 Å². The molecule has 2 nitrogen and oxygen atoms in total. The monoisotopic (exact) mass is 261 g/mol. The highest BCUT2D eigenvalue weighted by atomic mass is 16.2. The van der Waals surface area contributed by atoms with Crippen molar-refractivity contribution in [1.29, 1.82) is 0 Å². The molecule has 106 valence electrons. The summed E-state index contributed by atoms with van der Waals surface area (Å²) in [5, 5.41) is 8.79. The van der Waals surface area contributed by atoms with Crippen LogP contribution < -0.4 is 5.73 Å². The van der Waals surface area contributed by atoms with E-state index in [0.29, 0.717) is 0 Å². The van der Waals surface area contributed by atoms with Gasteiger partial charge in [-0.15, -0.1) is 0 Å². The second kappa shape index (κ2) is 7.66. The van der Waals surface area contributed by atoms with Gasteiger partial charge in [0, 0.05) is 12.6 Å². The number of rotatable bonds is 6. The Labute approximate surface area is 117 Å². The summed E-state index contributed by atoms with van der Waals surface area (Å²) in [4.78, 5) is 0. The van der Waals surface area contributed by atoms with Crippen molar-refractivity contribution in [2.75, 3.05) is 6.61 Å². The summed E-state index contributed by atoms with van der Waals surface area (Å²) in [5.41, 5.74) is 8.91. The highest BCUT2D eigenvalue weighted by molar-refractivity contribution is 5.27. The SMILES string of the molecule is NC(CCCCO)c1ccc(C2CCCCC2)cc1. The average Bonchev–Trinajstić information content (AvgIpc) is 2.48. The molecule has 3 N–H and O–H groups in total. The van der Waals surface area contributed by atoms with E-state index in [2.05, 4.69) is 24.3 Å². The molecule has 0 saturated heterocycles. The van der Waals surface area contributed by atoms with E-state index in [0.717, 1.165) is 25.2 Å². The van der Waals surface area contributed by atoms with Gasteiger partial charge < -0.3 is 10.8 Å². The maximum Gasteiger partial charge on any atom is 0.0431 e. The molecule has 1 aliphatic carbocycles. The Balaban J connectivity index is 1.89. The number of hydrogen-bond donors (Lipinski definition) is 2. The maximum atomic E-state index is 8.79. The Morgan fingerprint density at radius 2 is 1.74 bits per heavy atom. The number of benzene rings is 1. The predicted octanol–water partition coefficient (Wildman–Crippen LogP) is 3.90. The van der Waals surface area contributed by atoms with Gasteiger partial charge in [-0.3, -0.25) is 0 Å². The van der Waals surface area contributed by atoms with Crippen molar-refractivity contribution in [3.05, 3.63) is 35.4 Å². The fourth-order valence-corrected chi connectivity index (χ4v) is 3.09. The van der Waals surface area contributed by atoms with Crippen molar-refractivity contribution in [3.63, 3.8) is 0 Å². The molecule has 1 atom stereocenters. The van der Waals surface area contributed by atoms with Gasteiger partial charge in [0.05, 0.1) is 0 Å². The molecule has 2 rings (SSSR count). The number of nitrogens with two attached hydrogens (primary N) is 1. The van der Waals surface area contributed by atoms with Crippen LogP contribution in [0.3, 0.4) is 0 Å². The van der Waals surface area contributed by atoms with Crippen molar-refractivity contribution in [2.24, 2.45) is 5.73 Å². The van der Waals surface area contributed by atoms with E-state index >= 15 is 0 Å². The fourth-order valence-electron chi connectivity index (χ4n) is 3.09. The van der Waals surface area contributed by atoms with E-state index in [1.165, 1.54) is 43.2 Å². The lowest BCUT2D eigenvalue weighted by Gasteiger charge is -2.22. The third-order valence-electron chi connectivity index (χ3n) is 4.36. The molecule has 1 fully saturated rings. The first-order valence-electron chi connectivity index (χ1n) is 7.77. The molecule has 0 heterocycles. The van der Waals surface area contributed by atoms with Crippen LogP contribution in [0.15, 0.2) is 24.3 Å². The maximum absolute atomic E-state index is 8.79. The Morgan fingerprint density at radius 3 is 2.37 bits per heavy atom. The molecule has 1 unspecified atom stereocenters. The summed E-state index contributed by atoms with van der Waals surface area (Å²) in [5.74, 6) is 0.772. The first-order valence-corrected chi connectivity index (χ1v) is 7.77. The lowest BCUT2D eigenvalue weighted by atomic mass is 9.83. The van der Waals surface area contributed by atoms with Crippen LogP contribution in [0.5, 0.6) is 0 Å². The molecule has 0 radical (unpaired) electrons. The fraction of sp³-hybridized carbons (Fsp3) is 0.647. The third-order valence-corrected chi connectivity index (χ3v) is 4.36. The van der Waals surface area contributed by atoms with Gasteiger partial charge in [-0.05, 0) is 49.1 Å². The zero-order valence-electron chi connectivity index (χ0n) is 11.9. The minimum absolute atomic E-state index is 0.118. The van der Waals surface area contributed by atoms with Gasteiger partial charge in [0.1, 0.15) is 0 Å². The van der Waals surface area contributed by atoms with Crippen LogP contribution in [0.2, 0.25) is 0 Å². The van der Waals surface area contributed by atoms with Gasteiger partial charge in [0.15, 0.2) is 0 Å². The van der Waals surface area contributed by atoms with Crippen molar-refractivity contribution >= 4 is 0 Å². The van der Waals surface area contributed by atoms with Crippen LogP contribution in [-0.4, -0.2) is 11.7 Å². The van der Waals surface area contributed by atoms with Crippen LogP contribution >= 0.6 is 0 Å². The van der Waals surface area contributed by atoms with Crippen LogP contribution in [0.25, 0.3) is 0 Å². The average molecular weight is 261 g/mol. The van der Waals surface area contributed by atoms with Crippen LogP contribution in [0, 0.1) is 0 Å². The standard InChI is InChI=1S/C17H27NO/c18-17(8-4-5-13-19)16-11-9-15(10-12-16)14-6-2-1-3-7-14/h9-12,14,17,19H,1-8,13,18H2. The van der Waals surface area contributed by atoms with Gasteiger partial charge >= 0.3 is 0 Å². The zero-order valence-corrected chi connectivity index (χ0v) is 11.9. The van der Waals surface area contributed by atoms with Gasteiger partial charge in [-0.1, -0.05) is 43.5 Å². The van der Waals surface area contributed by atoms with Crippen molar-refractivity contribution in [1.82, 2.24) is 0 Å². The summed E-state index contributed by atoms with van der Waals surface area (Å²) in [6, 6.07) is 9.07. The molecule has 1 saturated carbocycles. The van der Waals surface area contributed by atoms with E-state index in [9.17, 15) is 0 Å². The summed E-state index contributed by atoms with van der Waals surface area (Å²) in [7, 11) is 0. The van der Waals surface area contributed by atoms with Crippen LogP contribution in [-0.2, 0) is 0 Å². The predicted molar refractivity (Wildman–Crippen MR) is 80.1 cm³/mol. The second-order valence-electron chi connectivity index (χ2n) is 5.83. The zero-order chi connectivity index (χ0) is 13.5.